The molecule has 0 spiro atoms. The Bertz CT molecular complexity index is 776. The van der Waals surface area contributed by atoms with E-state index in [1.54, 1.807) is 12.3 Å². The number of morpholine rings is 1. The number of carbonyl (C=O) groups excluding carboxylic acids is 1. The SMILES string of the molecule is O=C(C1CCCN1Cc1cc(F)cc2cccnc12)N1CCOCC1. The molecule has 2 aromatic rings. The third-order valence-electron chi connectivity index (χ3n) is 5.09. The fourth-order valence-electron chi connectivity index (χ4n) is 3.86. The molecule has 3 heterocycles. The van der Waals surface area contributed by atoms with Gasteiger partial charge in [-0.1, -0.05) is 6.07 Å². The van der Waals surface area contributed by atoms with Gasteiger partial charge in [0.15, 0.2) is 0 Å². The maximum absolute atomic E-state index is 14.0. The van der Waals surface area contributed by atoms with Gasteiger partial charge in [-0.05, 0) is 43.1 Å². The molecule has 1 amide bonds. The average Bonchev–Trinajstić information content (AvgIpc) is 3.10. The minimum absolute atomic E-state index is 0.125. The summed E-state index contributed by atoms with van der Waals surface area (Å²) in [5, 5.41) is 0.799. The van der Waals surface area contributed by atoms with Crippen molar-refractivity contribution in [3.8, 4) is 0 Å². The second-order valence-electron chi connectivity index (χ2n) is 6.71. The van der Waals surface area contributed by atoms with Gasteiger partial charge >= 0.3 is 0 Å². The molecule has 0 N–H and O–H groups in total. The van der Waals surface area contributed by atoms with Gasteiger partial charge in [0.2, 0.25) is 5.91 Å². The molecule has 0 bridgehead atoms. The van der Waals surface area contributed by atoms with E-state index in [9.17, 15) is 9.18 Å². The van der Waals surface area contributed by atoms with E-state index in [4.69, 9.17) is 4.74 Å². The van der Waals surface area contributed by atoms with Crippen molar-refractivity contribution >= 4 is 16.8 Å². The van der Waals surface area contributed by atoms with Gasteiger partial charge in [0.1, 0.15) is 5.82 Å². The van der Waals surface area contributed by atoms with Gasteiger partial charge in [-0.2, -0.15) is 0 Å². The van der Waals surface area contributed by atoms with Crippen molar-refractivity contribution in [2.75, 3.05) is 32.8 Å². The van der Waals surface area contributed by atoms with Crippen LogP contribution in [0.1, 0.15) is 18.4 Å². The maximum atomic E-state index is 14.0. The minimum atomic E-state index is -0.259. The highest BCUT2D eigenvalue weighted by Gasteiger charge is 2.34. The second kappa shape index (κ2) is 7.06. The predicted octanol–water partition coefficient (Wildman–Crippen LogP) is 2.20. The molecule has 25 heavy (non-hydrogen) atoms. The monoisotopic (exact) mass is 343 g/mol. The molecule has 6 heteroatoms. The van der Waals surface area contributed by atoms with Crippen molar-refractivity contribution in [3.05, 3.63) is 41.8 Å². The number of hydrogen-bond acceptors (Lipinski definition) is 4. The molecule has 0 aliphatic carbocycles. The molecule has 2 saturated heterocycles. The highest BCUT2D eigenvalue weighted by atomic mass is 19.1. The van der Waals surface area contributed by atoms with Crippen LogP contribution in [0.15, 0.2) is 30.5 Å². The van der Waals surface area contributed by atoms with Crippen LogP contribution in [0.2, 0.25) is 0 Å². The van der Waals surface area contributed by atoms with Crippen LogP contribution in [-0.4, -0.2) is 59.6 Å². The highest BCUT2D eigenvalue weighted by Crippen LogP contribution is 2.26. The zero-order valence-electron chi connectivity index (χ0n) is 14.2. The van der Waals surface area contributed by atoms with Crippen LogP contribution in [0.3, 0.4) is 0 Å². The summed E-state index contributed by atoms with van der Waals surface area (Å²) in [6.07, 6.45) is 3.57. The summed E-state index contributed by atoms with van der Waals surface area (Å²) in [6.45, 7) is 3.94. The van der Waals surface area contributed by atoms with Crippen LogP contribution in [-0.2, 0) is 16.1 Å². The molecule has 1 unspecified atom stereocenters. The van der Waals surface area contributed by atoms with E-state index >= 15 is 0 Å². The van der Waals surface area contributed by atoms with Gasteiger partial charge in [0, 0.05) is 31.2 Å². The van der Waals surface area contributed by atoms with Crippen LogP contribution < -0.4 is 0 Å². The number of carbonyl (C=O) groups is 1. The highest BCUT2D eigenvalue weighted by molar-refractivity contribution is 5.83. The number of likely N-dealkylation sites (tertiary alicyclic amines) is 1. The molecule has 1 atom stereocenters. The summed E-state index contributed by atoms with van der Waals surface area (Å²) in [4.78, 5) is 21.4. The lowest BCUT2D eigenvalue weighted by Gasteiger charge is -2.32. The molecule has 4 rings (SSSR count). The van der Waals surface area contributed by atoms with Gasteiger partial charge in [-0.25, -0.2) is 4.39 Å². The molecule has 2 aliphatic rings. The molecule has 2 aliphatic heterocycles. The van der Waals surface area contributed by atoms with Crippen molar-refractivity contribution in [3.63, 3.8) is 0 Å². The van der Waals surface area contributed by atoms with E-state index in [0.717, 1.165) is 35.9 Å². The number of amides is 1. The fourth-order valence-corrected chi connectivity index (χ4v) is 3.86. The fraction of sp³-hybridized carbons (Fsp3) is 0.474. The molecule has 1 aromatic carbocycles. The topological polar surface area (TPSA) is 45.7 Å². The summed E-state index contributed by atoms with van der Waals surface area (Å²) < 4.78 is 19.3. The molecule has 1 aromatic heterocycles. The summed E-state index contributed by atoms with van der Waals surface area (Å²) >= 11 is 0. The van der Waals surface area contributed by atoms with Crippen molar-refractivity contribution in [1.82, 2.24) is 14.8 Å². The van der Waals surface area contributed by atoms with E-state index in [0.29, 0.717) is 32.8 Å². The van der Waals surface area contributed by atoms with Crippen LogP contribution >= 0.6 is 0 Å². The van der Waals surface area contributed by atoms with Crippen molar-refractivity contribution in [1.29, 1.82) is 0 Å². The minimum Gasteiger partial charge on any atom is -0.378 e. The van der Waals surface area contributed by atoms with Crippen LogP contribution in [0.5, 0.6) is 0 Å². The number of pyridine rings is 1. The molecule has 132 valence electrons. The van der Waals surface area contributed by atoms with Crippen molar-refractivity contribution in [2.45, 2.75) is 25.4 Å². The summed E-state index contributed by atoms with van der Waals surface area (Å²) in [5.41, 5.74) is 1.66. The quantitative estimate of drug-likeness (QED) is 0.857. The van der Waals surface area contributed by atoms with Gasteiger partial charge < -0.3 is 9.64 Å². The number of nitrogens with zero attached hydrogens (tertiary/aromatic N) is 3. The predicted molar refractivity (Wildman–Crippen MR) is 92.5 cm³/mol. The lowest BCUT2D eigenvalue weighted by Crippen LogP contribution is -2.49. The van der Waals surface area contributed by atoms with Gasteiger partial charge in [0.25, 0.3) is 0 Å². The van der Waals surface area contributed by atoms with E-state index in [1.165, 1.54) is 6.07 Å². The van der Waals surface area contributed by atoms with Crippen LogP contribution in [0, 0.1) is 5.82 Å². The zero-order chi connectivity index (χ0) is 17.2. The first-order valence-electron chi connectivity index (χ1n) is 8.86. The smallest absolute Gasteiger partial charge is 0.240 e. The normalized spacial score (nSPS) is 21.8. The lowest BCUT2D eigenvalue weighted by atomic mass is 10.1. The van der Waals surface area contributed by atoms with E-state index in [-0.39, 0.29) is 17.8 Å². The third kappa shape index (κ3) is 3.37. The number of halogens is 1. The van der Waals surface area contributed by atoms with Crippen molar-refractivity contribution in [2.24, 2.45) is 0 Å². The van der Waals surface area contributed by atoms with Gasteiger partial charge in [0.05, 0.1) is 24.8 Å². The summed E-state index contributed by atoms with van der Waals surface area (Å²) in [5.74, 6) is -0.0831. The summed E-state index contributed by atoms with van der Waals surface area (Å²) in [7, 11) is 0. The second-order valence-corrected chi connectivity index (χ2v) is 6.71. The van der Waals surface area contributed by atoms with Crippen LogP contribution in [0.25, 0.3) is 10.9 Å². The molecule has 0 saturated carbocycles. The third-order valence-corrected chi connectivity index (χ3v) is 5.09. The Hall–Kier alpha value is -2.05. The molecular formula is C19H22FN3O2. The van der Waals surface area contributed by atoms with Gasteiger partial charge in [-0.3, -0.25) is 14.7 Å². The Kier molecular flexibility index (Phi) is 4.63. The first-order chi connectivity index (χ1) is 12.2. The van der Waals surface area contributed by atoms with E-state index < -0.39 is 0 Å². The molecule has 5 nitrogen and oxygen atoms in total. The first-order valence-corrected chi connectivity index (χ1v) is 8.86. The van der Waals surface area contributed by atoms with Crippen LogP contribution in [0.4, 0.5) is 4.39 Å². The maximum Gasteiger partial charge on any atom is 0.240 e. The number of ether oxygens (including phenoxy) is 1. The Balaban J connectivity index is 1.56. The number of rotatable bonds is 3. The summed E-state index contributed by atoms with van der Waals surface area (Å²) in [6, 6.07) is 6.61. The Morgan fingerprint density at radius 3 is 2.96 bits per heavy atom. The zero-order valence-corrected chi connectivity index (χ0v) is 14.2. The molecule has 0 radical (unpaired) electrons. The Labute approximate surface area is 146 Å². The van der Waals surface area contributed by atoms with E-state index in [2.05, 4.69) is 9.88 Å². The number of fused-ring (bicyclic) bond motifs is 1. The van der Waals surface area contributed by atoms with E-state index in [1.807, 2.05) is 17.0 Å². The molecular weight excluding hydrogens is 321 g/mol. The lowest BCUT2D eigenvalue weighted by molar-refractivity contribution is -0.140. The first kappa shape index (κ1) is 16.4. The van der Waals surface area contributed by atoms with Crippen molar-refractivity contribution < 1.29 is 13.9 Å². The standard InChI is InChI=1S/C19H22FN3O2/c20-16-11-14-3-1-5-21-18(14)15(12-16)13-23-6-2-4-17(23)19(24)22-7-9-25-10-8-22/h1,3,5,11-12,17H,2,4,6-10,13H2. The molecule has 2 fully saturated rings. The number of benzene rings is 1. The number of hydrogen-bond donors (Lipinski definition) is 0. The average molecular weight is 343 g/mol. The Morgan fingerprint density at radius 1 is 1.28 bits per heavy atom. The Morgan fingerprint density at radius 2 is 2.12 bits per heavy atom. The largest absolute Gasteiger partial charge is 0.378 e. The number of aromatic nitrogens is 1. The van der Waals surface area contributed by atoms with Gasteiger partial charge in [-0.15, -0.1) is 0 Å².